The van der Waals surface area contributed by atoms with Crippen LogP contribution in [0.1, 0.15) is 52.6 Å². The molecule has 3 aromatic rings. The highest BCUT2D eigenvalue weighted by atomic mass is 16.5. The molecule has 34 heavy (non-hydrogen) atoms. The van der Waals surface area contributed by atoms with Crippen LogP contribution in [0.2, 0.25) is 0 Å². The number of methoxy groups -OCH3 is 1. The van der Waals surface area contributed by atoms with Crippen LogP contribution < -0.4 is 0 Å². The highest BCUT2D eigenvalue weighted by molar-refractivity contribution is 5.78. The zero-order valence-corrected chi connectivity index (χ0v) is 20.7. The zero-order valence-electron chi connectivity index (χ0n) is 20.7. The Balaban J connectivity index is 1.53. The molecular weight excluding hydrogens is 416 g/mol. The van der Waals surface area contributed by atoms with Crippen LogP contribution in [0.4, 0.5) is 0 Å². The van der Waals surface area contributed by atoms with Crippen molar-refractivity contribution in [1.82, 2.24) is 0 Å². The van der Waals surface area contributed by atoms with E-state index in [1.165, 1.54) is 50.1 Å². The van der Waals surface area contributed by atoms with Crippen LogP contribution in [0.15, 0.2) is 78.9 Å². The van der Waals surface area contributed by atoms with E-state index < -0.39 is 0 Å². The van der Waals surface area contributed by atoms with Gasteiger partial charge in [-0.2, -0.15) is 0 Å². The van der Waals surface area contributed by atoms with Gasteiger partial charge in [0.1, 0.15) is 0 Å². The number of aliphatic hydroxyl groups is 1. The predicted octanol–water partition coefficient (Wildman–Crippen LogP) is 7.08. The Kier molecular flexibility index (Phi) is 8.16. The second-order valence-electron chi connectivity index (χ2n) is 9.20. The number of hydrogen-bond donors (Lipinski definition) is 1. The maximum Gasteiger partial charge on any atom is 0.0502 e. The fourth-order valence-electron chi connectivity index (χ4n) is 4.89. The van der Waals surface area contributed by atoms with E-state index in [4.69, 9.17) is 9.84 Å². The third kappa shape index (κ3) is 5.58. The third-order valence-electron chi connectivity index (χ3n) is 6.85. The minimum absolute atomic E-state index is 0.192. The SMILES string of the molecule is CCc1cc(C2C=CC(c3ccc(C)cc3CCOC)=CC2)ccc1-c1ccc(CCO)cc1. The van der Waals surface area contributed by atoms with E-state index in [2.05, 4.69) is 92.7 Å². The number of allylic oxidation sites excluding steroid dienone is 4. The molecule has 0 aromatic heterocycles. The van der Waals surface area contributed by atoms with E-state index in [0.29, 0.717) is 12.3 Å². The van der Waals surface area contributed by atoms with E-state index >= 15 is 0 Å². The summed E-state index contributed by atoms with van der Waals surface area (Å²) in [5.74, 6) is 0.405. The van der Waals surface area contributed by atoms with E-state index in [9.17, 15) is 0 Å². The molecular formula is C32H36O2. The van der Waals surface area contributed by atoms with Gasteiger partial charge < -0.3 is 9.84 Å². The van der Waals surface area contributed by atoms with Crippen molar-refractivity contribution in [1.29, 1.82) is 0 Å². The lowest BCUT2D eigenvalue weighted by atomic mass is 9.84. The molecule has 2 heteroatoms. The van der Waals surface area contributed by atoms with Gasteiger partial charge in [-0.25, -0.2) is 0 Å². The van der Waals surface area contributed by atoms with Crippen LogP contribution in [-0.2, 0) is 24.0 Å². The first-order valence-electron chi connectivity index (χ1n) is 12.4. The summed E-state index contributed by atoms with van der Waals surface area (Å²) in [6.45, 7) is 5.32. The molecule has 2 nitrogen and oxygen atoms in total. The predicted molar refractivity (Wildman–Crippen MR) is 143 cm³/mol. The average molecular weight is 453 g/mol. The van der Waals surface area contributed by atoms with Crippen molar-refractivity contribution in [3.63, 3.8) is 0 Å². The molecule has 0 saturated carbocycles. The molecule has 0 fully saturated rings. The van der Waals surface area contributed by atoms with Crippen molar-refractivity contribution >= 4 is 5.57 Å². The molecule has 1 atom stereocenters. The molecule has 0 amide bonds. The van der Waals surface area contributed by atoms with Gasteiger partial charge in [-0.1, -0.05) is 91.4 Å². The van der Waals surface area contributed by atoms with E-state index in [1.807, 2.05) is 0 Å². The van der Waals surface area contributed by atoms with E-state index in [-0.39, 0.29) is 6.61 Å². The lowest BCUT2D eigenvalue weighted by molar-refractivity contribution is 0.202. The monoisotopic (exact) mass is 452 g/mol. The van der Waals surface area contributed by atoms with Gasteiger partial charge in [-0.15, -0.1) is 0 Å². The summed E-state index contributed by atoms with van der Waals surface area (Å²) >= 11 is 0. The smallest absolute Gasteiger partial charge is 0.0502 e. The first kappa shape index (κ1) is 24.2. The Morgan fingerprint density at radius 3 is 2.38 bits per heavy atom. The zero-order chi connectivity index (χ0) is 23.9. The summed E-state index contributed by atoms with van der Waals surface area (Å²) in [6.07, 6.45) is 10.7. The van der Waals surface area contributed by atoms with Gasteiger partial charge >= 0.3 is 0 Å². The molecule has 0 heterocycles. The Morgan fingerprint density at radius 1 is 0.912 bits per heavy atom. The Bertz CT molecular complexity index is 1170. The van der Waals surface area contributed by atoms with Crippen LogP contribution in [-0.4, -0.2) is 25.4 Å². The van der Waals surface area contributed by atoms with Crippen molar-refractivity contribution in [3.05, 3.63) is 112 Å². The van der Waals surface area contributed by atoms with E-state index in [1.54, 1.807) is 7.11 Å². The Labute approximate surface area is 204 Å². The fraction of sp³-hybridized carbons (Fsp3) is 0.312. The molecule has 176 valence electrons. The van der Waals surface area contributed by atoms with Gasteiger partial charge in [0.15, 0.2) is 0 Å². The summed E-state index contributed by atoms with van der Waals surface area (Å²) in [5, 5.41) is 9.17. The lowest BCUT2D eigenvalue weighted by Gasteiger charge is -2.20. The topological polar surface area (TPSA) is 29.5 Å². The second-order valence-corrected chi connectivity index (χ2v) is 9.20. The minimum atomic E-state index is 0.192. The van der Waals surface area contributed by atoms with Crippen LogP contribution in [0.5, 0.6) is 0 Å². The number of rotatable bonds is 9. The maximum atomic E-state index is 9.17. The molecule has 0 spiro atoms. The van der Waals surface area contributed by atoms with E-state index in [0.717, 1.165) is 25.9 Å². The quantitative estimate of drug-likeness (QED) is 0.376. The van der Waals surface area contributed by atoms with Crippen molar-refractivity contribution in [2.24, 2.45) is 0 Å². The first-order chi connectivity index (χ1) is 16.6. The van der Waals surface area contributed by atoms with Crippen molar-refractivity contribution < 1.29 is 9.84 Å². The summed E-state index contributed by atoms with van der Waals surface area (Å²) in [6, 6.07) is 22.3. The van der Waals surface area contributed by atoms with Gasteiger partial charge in [0, 0.05) is 19.6 Å². The third-order valence-corrected chi connectivity index (χ3v) is 6.85. The molecule has 1 aliphatic carbocycles. The van der Waals surface area contributed by atoms with Crippen molar-refractivity contribution in [2.45, 2.75) is 45.4 Å². The average Bonchev–Trinajstić information content (AvgIpc) is 2.88. The minimum Gasteiger partial charge on any atom is -0.396 e. The number of hydrogen-bond acceptors (Lipinski definition) is 2. The molecule has 0 aliphatic heterocycles. The van der Waals surface area contributed by atoms with Gasteiger partial charge in [0.05, 0.1) is 6.61 Å². The number of ether oxygens (including phenoxy) is 1. The molecule has 0 radical (unpaired) electrons. The largest absolute Gasteiger partial charge is 0.396 e. The Morgan fingerprint density at radius 2 is 1.71 bits per heavy atom. The fourth-order valence-corrected chi connectivity index (χ4v) is 4.89. The molecule has 0 saturated heterocycles. The second kappa shape index (κ2) is 11.5. The standard InChI is InChI=1S/C32H36O2/c1-4-25-22-29(14-16-31(25)27-8-6-24(7-9-27)17-19-33)26-10-12-28(13-11-26)32-15-5-23(2)21-30(32)18-20-34-3/h5-10,12-16,21-22,26,33H,4,11,17-20H2,1-3H3. The molecule has 1 unspecified atom stereocenters. The summed E-state index contributed by atoms with van der Waals surface area (Å²) in [4.78, 5) is 0. The number of benzene rings is 3. The van der Waals surface area contributed by atoms with Gasteiger partial charge in [-0.3, -0.25) is 0 Å². The van der Waals surface area contributed by atoms with Crippen LogP contribution in [0.3, 0.4) is 0 Å². The van der Waals surface area contributed by atoms with Crippen molar-refractivity contribution in [2.75, 3.05) is 20.3 Å². The summed E-state index contributed by atoms with van der Waals surface area (Å²) in [7, 11) is 1.77. The number of aryl methyl sites for hydroxylation is 2. The van der Waals surface area contributed by atoms with Crippen LogP contribution >= 0.6 is 0 Å². The molecule has 0 bridgehead atoms. The highest BCUT2D eigenvalue weighted by Crippen LogP contribution is 2.35. The summed E-state index contributed by atoms with van der Waals surface area (Å²) < 4.78 is 5.34. The highest BCUT2D eigenvalue weighted by Gasteiger charge is 2.16. The first-order valence-corrected chi connectivity index (χ1v) is 12.4. The molecule has 1 N–H and O–H groups in total. The van der Waals surface area contributed by atoms with Gasteiger partial charge in [-0.05, 0) is 77.1 Å². The lowest BCUT2D eigenvalue weighted by Crippen LogP contribution is -2.03. The normalized spacial score (nSPS) is 15.4. The molecule has 3 aromatic carbocycles. The maximum absolute atomic E-state index is 9.17. The van der Waals surface area contributed by atoms with Crippen LogP contribution in [0.25, 0.3) is 16.7 Å². The molecule has 4 rings (SSSR count). The van der Waals surface area contributed by atoms with Crippen molar-refractivity contribution in [3.8, 4) is 11.1 Å². The molecule has 1 aliphatic rings. The van der Waals surface area contributed by atoms with Gasteiger partial charge in [0.2, 0.25) is 0 Å². The number of aliphatic hydroxyl groups excluding tert-OH is 1. The van der Waals surface area contributed by atoms with Gasteiger partial charge in [0.25, 0.3) is 0 Å². The van der Waals surface area contributed by atoms with Crippen LogP contribution in [0, 0.1) is 6.92 Å². The summed E-state index contributed by atoms with van der Waals surface area (Å²) in [5.41, 5.74) is 11.8. The Hall–Kier alpha value is -2.94.